The number of hydrogen-bond acceptors (Lipinski definition) is 3. The summed E-state index contributed by atoms with van der Waals surface area (Å²) in [6.45, 7) is 10.1. The molecule has 2 N–H and O–H groups in total. The van der Waals surface area contributed by atoms with E-state index in [-0.39, 0.29) is 35.2 Å². The molecule has 0 aromatic carbocycles. The van der Waals surface area contributed by atoms with E-state index in [1.165, 1.54) is 0 Å². The zero-order valence-electron chi connectivity index (χ0n) is 16.8. The van der Waals surface area contributed by atoms with Crippen molar-refractivity contribution < 1.29 is 9.59 Å². The molecular formula is C20H34N4O2. The van der Waals surface area contributed by atoms with Gasteiger partial charge >= 0.3 is 0 Å². The number of anilines is 1. The van der Waals surface area contributed by atoms with E-state index in [0.717, 1.165) is 44.3 Å². The Bertz CT molecular complexity index is 614. The molecule has 1 aliphatic carbocycles. The zero-order valence-corrected chi connectivity index (χ0v) is 16.8. The van der Waals surface area contributed by atoms with E-state index < -0.39 is 0 Å². The molecule has 2 rings (SSSR count). The Kier molecular flexibility index (Phi) is 6.84. The molecule has 0 radical (unpaired) electrons. The van der Waals surface area contributed by atoms with Gasteiger partial charge in [0.2, 0.25) is 11.8 Å². The molecule has 1 aromatic rings. The lowest BCUT2D eigenvalue weighted by atomic mass is 9.77. The number of rotatable bonds is 6. The van der Waals surface area contributed by atoms with Crippen molar-refractivity contribution in [3.63, 3.8) is 0 Å². The number of hydrogen-bond donors (Lipinski definition) is 2. The third kappa shape index (κ3) is 5.08. The highest BCUT2D eigenvalue weighted by Gasteiger charge is 2.37. The molecule has 1 aliphatic rings. The van der Waals surface area contributed by atoms with Gasteiger partial charge in [-0.15, -0.1) is 0 Å². The van der Waals surface area contributed by atoms with Crippen LogP contribution in [0.25, 0.3) is 0 Å². The van der Waals surface area contributed by atoms with Gasteiger partial charge in [0.25, 0.3) is 0 Å². The molecule has 0 unspecified atom stereocenters. The van der Waals surface area contributed by atoms with Gasteiger partial charge in [-0.3, -0.25) is 9.59 Å². The van der Waals surface area contributed by atoms with Gasteiger partial charge < -0.3 is 10.6 Å². The van der Waals surface area contributed by atoms with Crippen LogP contribution in [-0.4, -0.2) is 27.1 Å². The van der Waals surface area contributed by atoms with Crippen LogP contribution < -0.4 is 10.6 Å². The quantitative estimate of drug-likeness (QED) is 0.806. The summed E-state index contributed by atoms with van der Waals surface area (Å²) in [7, 11) is 0. The van der Waals surface area contributed by atoms with Gasteiger partial charge in [0.1, 0.15) is 5.82 Å². The molecule has 1 saturated carbocycles. The van der Waals surface area contributed by atoms with Crippen LogP contribution in [0, 0.1) is 11.8 Å². The lowest BCUT2D eigenvalue weighted by Crippen LogP contribution is -2.48. The van der Waals surface area contributed by atoms with Gasteiger partial charge in [-0.2, -0.15) is 5.10 Å². The van der Waals surface area contributed by atoms with Crippen molar-refractivity contribution in [1.29, 1.82) is 0 Å². The Morgan fingerprint density at radius 3 is 2.27 bits per heavy atom. The molecule has 6 nitrogen and oxygen atoms in total. The molecule has 6 heteroatoms. The van der Waals surface area contributed by atoms with E-state index in [0.29, 0.717) is 0 Å². The molecule has 1 heterocycles. The number of carbonyl (C=O) groups excluding carboxylic acids is 2. The Hall–Kier alpha value is -1.85. The Balaban J connectivity index is 2.12. The molecule has 146 valence electrons. The molecule has 1 fully saturated rings. The van der Waals surface area contributed by atoms with E-state index in [2.05, 4.69) is 29.6 Å². The van der Waals surface area contributed by atoms with Crippen LogP contribution in [0.15, 0.2) is 12.3 Å². The third-order valence-electron chi connectivity index (χ3n) is 5.15. The van der Waals surface area contributed by atoms with Crippen molar-refractivity contribution in [2.24, 2.45) is 11.8 Å². The largest absolute Gasteiger partial charge is 0.351 e. The van der Waals surface area contributed by atoms with E-state index in [1.54, 1.807) is 6.20 Å². The fraction of sp³-hybridized carbons (Fsp3) is 0.750. The first-order chi connectivity index (χ1) is 12.3. The second kappa shape index (κ2) is 8.69. The lowest BCUT2D eigenvalue weighted by molar-refractivity contribution is -0.135. The van der Waals surface area contributed by atoms with Crippen LogP contribution in [0.1, 0.15) is 79.2 Å². The average Bonchev–Trinajstić information content (AvgIpc) is 3.02. The van der Waals surface area contributed by atoms with Crippen LogP contribution in [0.4, 0.5) is 5.82 Å². The molecule has 0 saturated heterocycles. The fourth-order valence-corrected chi connectivity index (χ4v) is 3.78. The van der Waals surface area contributed by atoms with Crippen LogP contribution in [0.5, 0.6) is 0 Å². The normalized spacial score (nSPS) is 20.8. The van der Waals surface area contributed by atoms with E-state index in [4.69, 9.17) is 0 Å². The van der Waals surface area contributed by atoms with Crippen molar-refractivity contribution in [2.45, 2.75) is 84.7 Å². The minimum atomic E-state index is -0.288. The minimum absolute atomic E-state index is 0.00847. The van der Waals surface area contributed by atoms with Gasteiger partial charge in [-0.05, 0) is 46.5 Å². The highest BCUT2D eigenvalue weighted by atomic mass is 16.2. The van der Waals surface area contributed by atoms with Crippen molar-refractivity contribution in [3.05, 3.63) is 12.3 Å². The fourth-order valence-electron chi connectivity index (χ4n) is 3.78. The highest BCUT2D eigenvalue weighted by molar-refractivity contribution is 5.95. The molecular weight excluding hydrogens is 328 g/mol. The first-order valence-electron chi connectivity index (χ1n) is 9.93. The average molecular weight is 363 g/mol. The molecule has 2 amide bonds. The molecule has 26 heavy (non-hydrogen) atoms. The predicted octanol–water partition coefficient (Wildman–Crippen LogP) is 3.90. The summed E-state index contributed by atoms with van der Waals surface area (Å²) in [5.74, 6) is 0.116. The summed E-state index contributed by atoms with van der Waals surface area (Å²) in [5.41, 5.74) is -0.288. The maximum atomic E-state index is 13.0. The standard InChI is InChI=1S/C20H34N4O2/c1-6-14(7-2)24-17(12-13-21-24)22-18(25)15-10-8-9-11-16(15)19(26)23-20(3,4)5/h12-16H,6-11H2,1-5H3,(H,22,25)(H,23,26)/t15-,16+/m0/s1. The van der Waals surface area contributed by atoms with Crippen molar-refractivity contribution in [2.75, 3.05) is 5.32 Å². The topological polar surface area (TPSA) is 76.0 Å². The predicted molar refractivity (Wildman–Crippen MR) is 104 cm³/mol. The van der Waals surface area contributed by atoms with Crippen LogP contribution in [0.3, 0.4) is 0 Å². The maximum Gasteiger partial charge on any atom is 0.229 e. The summed E-state index contributed by atoms with van der Waals surface area (Å²) in [6, 6.07) is 2.11. The van der Waals surface area contributed by atoms with Gasteiger partial charge in [0.15, 0.2) is 0 Å². The van der Waals surface area contributed by atoms with E-state index >= 15 is 0 Å². The van der Waals surface area contributed by atoms with Crippen LogP contribution in [-0.2, 0) is 9.59 Å². The van der Waals surface area contributed by atoms with Gasteiger partial charge in [-0.25, -0.2) is 4.68 Å². The van der Waals surface area contributed by atoms with Crippen LogP contribution in [0.2, 0.25) is 0 Å². The van der Waals surface area contributed by atoms with Crippen molar-refractivity contribution in [1.82, 2.24) is 15.1 Å². The van der Waals surface area contributed by atoms with Crippen molar-refractivity contribution >= 4 is 17.6 Å². The smallest absolute Gasteiger partial charge is 0.229 e. The Labute approximate surface area is 157 Å². The Morgan fingerprint density at radius 2 is 1.73 bits per heavy atom. The molecule has 1 aromatic heterocycles. The summed E-state index contributed by atoms with van der Waals surface area (Å²) < 4.78 is 1.89. The first kappa shape index (κ1) is 20.5. The van der Waals surface area contributed by atoms with Gasteiger partial charge in [0.05, 0.1) is 12.2 Å². The second-order valence-corrected chi connectivity index (χ2v) is 8.36. The SMILES string of the molecule is CCC(CC)n1nccc1NC(=O)[C@H]1CCCC[C@H]1C(=O)NC(C)(C)C. The number of aromatic nitrogens is 2. The summed E-state index contributed by atoms with van der Waals surface area (Å²) in [4.78, 5) is 25.7. The molecule has 0 aliphatic heterocycles. The van der Waals surface area contributed by atoms with Crippen molar-refractivity contribution in [3.8, 4) is 0 Å². The molecule has 2 atom stereocenters. The lowest BCUT2D eigenvalue weighted by Gasteiger charge is -2.32. The summed E-state index contributed by atoms with van der Waals surface area (Å²) >= 11 is 0. The highest BCUT2D eigenvalue weighted by Crippen LogP contribution is 2.32. The number of nitrogens with zero attached hydrogens (tertiary/aromatic N) is 2. The summed E-state index contributed by atoms with van der Waals surface area (Å²) in [6.07, 6.45) is 7.15. The van der Waals surface area contributed by atoms with E-state index in [1.807, 2.05) is 31.5 Å². The molecule has 0 bridgehead atoms. The Morgan fingerprint density at radius 1 is 1.15 bits per heavy atom. The zero-order chi connectivity index (χ0) is 19.3. The number of amides is 2. The van der Waals surface area contributed by atoms with Gasteiger partial charge in [0, 0.05) is 23.4 Å². The van der Waals surface area contributed by atoms with E-state index in [9.17, 15) is 9.59 Å². The van der Waals surface area contributed by atoms with Crippen LogP contribution >= 0.6 is 0 Å². The number of carbonyl (C=O) groups is 2. The minimum Gasteiger partial charge on any atom is -0.351 e. The summed E-state index contributed by atoms with van der Waals surface area (Å²) in [5, 5.41) is 10.5. The monoisotopic (exact) mass is 362 g/mol. The third-order valence-corrected chi connectivity index (χ3v) is 5.15. The second-order valence-electron chi connectivity index (χ2n) is 8.36. The number of nitrogens with one attached hydrogen (secondary N) is 2. The van der Waals surface area contributed by atoms with Gasteiger partial charge in [-0.1, -0.05) is 26.7 Å². The molecule has 0 spiro atoms. The maximum absolute atomic E-state index is 13.0. The first-order valence-corrected chi connectivity index (χ1v) is 9.93.